The molecule has 4 rings (SSSR count). The summed E-state index contributed by atoms with van der Waals surface area (Å²) in [6.07, 6.45) is 1.55. The summed E-state index contributed by atoms with van der Waals surface area (Å²) in [7, 11) is 1.63. The van der Waals surface area contributed by atoms with Gasteiger partial charge in [0.15, 0.2) is 0 Å². The minimum atomic E-state index is -0.535. The zero-order valence-corrected chi connectivity index (χ0v) is 19.5. The minimum absolute atomic E-state index is 0.0603. The van der Waals surface area contributed by atoms with Crippen molar-refractivity contribution in [2.75, 3.05) is 31.7 Å². The van der Waals surface area contributed by atoms with Gasteiger partial charge in [-0.3, -0.25) is 0 Å². The van der Waals surface area contributed by atoms with Gasteiger partial charge in [-0.05, 0) is 48.9 Å². The van der Waals surface area contributed by atoms with Gasteiger partial charge >= 0.3 is 5.97 Å². The zero-order chi connectivity index (χ0) is 23.2. The molecule has 0 saturated carbocycles. The largest absolute Gasteiger partial charge is 0.497 e. The number of ether oxygens (including phenoxy) is 3. The standard InChI is InChI=1S/C24H27ClN4O4/c1-3-32-24(30)22-23(29(27-26-22)16-17-4-10-20(31-2)11-5-17)33-21-12-14-28(15-13-21)19-8-6-18(25)7-9-19/h4-11,21H,3,12-16H2,1-2H3. The van der Waals surface area contributed by atoms with E-state index in [1.807, 2.05) is 48.5 Å². The Morgan fingerprint density at radius 1 is 1.09 bits per heavy atom. The summed E-state index contributed by atoms with van der Waals surface area (Å²) >= 11 is 6.01. The van der Waals surface area contributed by atoms with Crippen molar-refractivity contribution in [2.45, 2.75) is 32.4 Å². The molecule has 0 unspecified atom stereocenters. The lowest BCUT2D eigenvalue weighted by Crippen LogP contribution is -2.38. The lowest BCUT2D eigenvalue weighted by atomic mass is 10.1. The van der Waals surface area contributed by atoms with Crippen LogP contribution >= 0.6 is 11.6 Å². The van der Waals surface area contributed by atoms with E-state index in [4.69, 9.17) is 25.8 Å². The molecule has 0 amide bonds. The van der Waals surface area contributed by atoms with Crippen LogP contribution in [0.2, 0.25) is 5.02 Å². The smallest absolute Gasteiger partial charge is 0.364 e. The molecule has 1 aromatic heterocycles. The number of carbonyl (C=O) groups is 1. The van der Waals surface area contributed by atoms with Crippen LogP contribution in [0, 0.1) is 0 Å². The summed E-state index contributed by atoms with van der Waals surface area (Å²) < 4.78 is 18.3. The number of esters is 1. The van der Waals surface area contributed by atoms with Gasteiger partial charge in [-0.15, -0.1) is 5.10 Å². The molecule has 0 bridgehead atoms. The van der Waals surface area contributed by atoms with E-state index in [0.29, 0.717) is 12.4 Å². The Labute approximate surface area is 198 Å². The Balaban J connectivity index is 1.48. The molecular weight excluding hydrogens is 444 g/mol. The van der Waals surface area contributed by atoms with Gasteiger partial charge in [-0.25, -0.2) is 9.48 Å². The van der Waals surface area contributed by atoms with E-state index in [-0.39, 0.29) is 18.4 Å². The third kappa shape index (κ3) is 5.57. The lowest BCUT2D eigenvalue weighted by molar-refractivity contribution is 0.0509. The van der Waals surface area contributed by atoms with Crippen molar-refractivity contribution < 1.29 is 19.0 Å². The van der Waals surface area contributed by atoms with E-state index in [1.165, 1.54) is 0 Å². The normalized spacial score (nSPS) is 14.2. The van der Waals surface area contributed by atoms with Crippen molar-refractivity contribution >= 4 is 23.3 Å². The number of methoxy groups -OCH3 is 1. The Hall–Kier alpha value is -3.26. The summed E-state index contributed by atoms with van der Waals surface area (Å²) in [5.41, 5.74) is 2.22. The van der Waals surface area contributed by atoms with Gasteiger partial charge in [0.1, 0.15) is 11.9 Å². The fourth-order valence-electron chi connectivity index (χ4n) is 3.80. The lowest BCUT2D eigenvalue weighted by Gasteiger charge is -2.33. The maximum absolute atomic E-state index is 12.5. The Morgan fingerprint density at radius 2 is 1.79 bits per heavy atom. The van der Waals surface area contributed by atoms with Gasteiger partial charge in [-0.1, -0.05) is 28.9 Å². The van der Waals surface area contributed by atoms with Crippen LogP contribution in [-0.2, 0) is 11.3 Å². The molecule has 0 aliphatic carbocycles. The van der Waals surface area contributed by atoms with E-state index in [2.05, 4.69) is 15.2 Å². The van der Waals surface area contributed by atoms with Crippen molar-refractivity contribution in [3.63, 3.8) is 0 Å². The molecule has 0 radical (unpaired) electrons. The maximum Gasteiger partial charge on any atom is 0.364 e. The molecule has 174 valence electrons. The molecule has 0 spiro atoms. The number of hydrogen-bond donors (Lipinski definition) is 0. The molecule has 8 nitrogen and oxygen atoms in total. The van der Waals surface area contributed by atoms with Gasteiger partial charge in [0, 0.05) is 36.6 Å². The fourth-order valence-corrected chi connectivity index (χ4v) is 3.92. The molecule has 0 N–H and O–H groups in total. The fraction of sp³-hybridized carbons (Fsp3) is 0.375. The van der Waals surface area contributed by atoms with Gasteiger partial charge in [0.25, 0.3) is 0 Å². The van der Waals surface area contributed by atoms with Crippen LogP contribution in [0.5, 0.6) is 11.6 Å². The summed E-state index contributed by atoms with van der Waals surface area (Å²) in [6.45, 7) is 4.09. The summed E-state index contributed by atoms with van der Waals surface area (Å²) in [5, 5.41) is 8.97. The van der Waals surface area contributed by atoms with Crippen LogP contribution in [-0.4, -0.2) is 53.9 Å². The van der Waals surface area contributed by atoms with E-state index in [9.17, 15) is 4.79 Å². The van der Waals surface area contributed by atoms with Crippen LogP contribution in [0.3, 0.4) is 0 Å². The number of nitrogens with zero attached hydrogens (tertiary/aromatic N) is 4. The van der Waals surface area contributed by atoms with Crippen molar-refractivity contribution in [1.29, 1.82) is 0 Å². The number of carbonyl (C=O) groups excluding carboxylic acids is 1. The highest BCUT2D eigenvalue weighted by molar-refractivity contribution is 6.30. The summed E-state index contributed by atoms with van der Waals surface area (Å²) in [5.74, 6) is 0.578. The topological polar surface area (TPSA) is 78.7 Å². The summed E-state index contributed by atoms with van der Waals surface area (Å²) in [6, 6.07) is 15.5. The molecule has 1 saturated heterocycles. The predicted octanol–water partition coefficient (Wildman–Crippen LogP) is 4.21. The van der Waals surface area contributed by atoms with Crippen molar-refractivity contribution in [3.8, 4) is 11.6 Å². The second-order valence-electron chi connectivity index (χ2n) is 7.75. The first-order valence-corrected chi connectivity index (χ1v) is 11.4. The van der Waals surface area contributed by atoms with E-state index in [1.54, 1.807) is 18.7 Å². The highest BCUT2D eigenvalue weighted by atomic mass is 35.5. The molecule has 1 aliphatic rings. The number of aromatic nitrogens is 3. The molecule has 9 heteroatoms. The van der Waals surface area contributed by atoms with E-state index in [0.717, 1.165) is 48.0 Å². The first-order chi connectivity index (χ1) is 16.1. The van der Waals surface area contributed by atoms with E-state index >= 15 is 0 Å². The van der Waals surface area contributed by atoms with Crippen LogP contribution < -0.4 is 14.4 Å². The van der Waals surface area contributed by atoms with Gasteiger partial charge in [0.05, 0.1) is 20.3 Å². The molecule has 2 aromatic carbocycles. The molecule has 2 heterocycles. The van der Waals surface area contributed by atoms with E-state index < -0.39 is 5.97 Å². The zero-order valence-electron chi connectivity index (χ0n) is 18.7. The Kier molecular flexibility index (Phi) is 7.34. The van der Waals surface area contributed by atoms with Crippen LogP contribution in [0.4, 0.5) is 5.69 Å². The molecule has 0 atom stereocenters. The average Bonchev–Trinajstić information content (AvgIpc) is 3.23. The highest BCUT2D eigenvalue weighted by Crippen LogP contribution is 2.27. The number of piperidine rings is 1. The molecular formula is C24H27ClN4O4. The number of benzene rings is 2. The summed E-state index contributed by atoms with van der Waals surface area (Å²) in [4.78, 5) is 14.8. The third-order valence-corrected chi connectivity index (χ3v) is 5.81. The minimum Gasteiger partial charge on any atom is -0.497 e. The van der Waals surface area contributed by atoms with Gasteiger partial charge < -0.3 is 19.1 Å². The Bertz CT molecular complexity index is 1060. The maximum atomic E-state index is 12.5. The first kappa shape index (κ1) is 22.9. The second-order valence-corrected chi connectivity index (χ2v) is 8.19. The second kappa shape index (κ2) is 10.6. The molecule has 1 fully saturated rings. The number of halogens is 1. The highest BCUT2D eigenvalue weighted by Gasteiger charge is 2.28. The van der Waals surface area contributed by atoms with Gasteiger partial charge in [0.2, 0.25) is 11.6 Å². The quantitative estimate of drug-likeness (QED) is 0.456. The van der Waals surface area contributed by atoms with Crippen LogP contribution in [0.1, 0.15) is 35.8 Å². The van der Waals surface area contributed by atoms with Crippen molar-refractivity contribution in [3.05, 3.63) is 64.8 Å². The number of hydrogen-bond acceptors (Lipinski definition) is 7. The number of anilines is 1. The molecule has 33 heavy (non-hydrogen) atoms. The predicted molar refractivity (Wildman–Crippen MR) is 125 cm³/mol. The van der Waals surface area contributed by atoms with Crippen molar-refractivity contribution in [2.24, 2.45) is 0 Å². The van der Waals surface area contributed by atoms with Gasteiger partial charge in [-0.2, -0.15) is 0 Å². The Morgan fingerprint density at radius 3 is 2.42 bits per heavy atom. The first-order valence-electron chi connectivity index (χ1n) is 11.0. The monoisotopic (exact) mass is 470 g/mol. The number of rotatable bonds is 8. The SMILES string of the molecule is CCOC(=O)c1nnn(Cc2ccc(OC)cc2)c1OC1CCN(c2ccc(Cl)cc2)CC1. The van der Waals surface area contributed by atoms with Crippen molar-refractivity contribution in [1.82, 2.24) is 15.0 Å². The van der Waals surface area contributed by atoms with Crippen LogP contribution in [0.15, 0.2) is 48.5 Å². The van der Waals surface area contributed by atoms with Crippen LogP contribution in [0.25, 0.3) is 0 Å². The third-order valence-electron chi connectivity index (χ3n) is 5.56. The molecule has 1 aliphatic heterocycles. The molecule has 3 aromatic rings. The average molecular weight is 471 g/mol.